The van der Waals surface area contributed by atoms with Gasteiger partial charge in [0.15, 0.2) is 0 Å². The third-order valence-corrected chi connectivity index (χ3v) is 4.45. The van der Waals surface area contributed by atoms with Crippen LogP contribution in [-0.4, -0.2) is 52.1 Å². The lowest BCUT2D eigenvalue weighted by atomic mass is 9.91. The number of urea groups is 1. The minimum absolute atomic E-state index is 0.140. The molecule has 2 atom stereocenters. The molecule has 2 unspecified atom stereocenters. The molecule has 1 rings (SSSR count). The van der Waals surface area contributed by atoms with Gasteiger partial charge < -0.3 is 14.9 Å². The number of carboxylic acids is 1. The van der Waals surface area contributed by atoms with Crippen LogP contribution in [0.3, 0.4) is 0 Å². The molecular formula is C15H28N2O3. The molecule has 20 heavy (non-hydrogen) atoms. The molecule has 0 aliphatic carbocycles. The number of nitrogens with zero attached hydrogens (tertiary/aromatic N) is 2. The number of likely N-dealkylation sites (tertiary alicyclic amines) is 1. The number of hydrogen-bond acceptors (Lipinski definition) is 2. The van der Waals surface area contributed by atoms with Crippen molar-refractivity contribution >= 4 is 12.0 Å². The summed E-state index contributed by atoms with van der Waals surface area (Å²) in [6.45, 7) is 6.62. The minimum Gasteiger partial charge on any atom is -0.479 e. The summed E-state index contributed by atoms with van der Waals surface area (Å²) in [6, 6.07) is 0.000483. The van der Waals surface area contributed by atoms with Crippen LogP contribution in [0.25, 0.3) is 0 Å². The van der Waals surface area contributed by atoms with Crippen LogP contribution in [0, 0.1) is 0 Å². The Bertz CT molecular complexity index is 359. The van der Waals surface area contributed by atoms with E-state index in [1.165, 1.54) is 0 Å². The van der Waals surface area contributed by atoms with Crippen molar-refractivity contribution in [3.63, 3.8) is 0 Å². The Balaban J connectivity index is 2.92. The summed E-state index contributed by atoms with van der Waals surface area (Å²) >= 11 is 0. The molecule has 1 heterocycles. The first-order valence-corrected chi connectivity index (χ1v) is 7.68. The van der Waals surface area contributed by atoms with Crippen LogP contribution in [0.15, 0.2) is 0 Å². The van der Waals surface area contributed by atoms with E-state index in [-0.39, 0.29) is 12.1 Å². The fourth-order valence-corrected chi connectivity index (χ4v) is 3.15. The van der Waals surface area contributed by atoms with Crippen molar-refractivity contribution in [2.24, 2.45) is 0 Å². The average Bonchev–Trinajstić information content (AvgIpc) is 2.82. The number of carbonyl (C=O) groups is 2. The molecule has 1 saturated heterocycles. The molecule has 2 amide bonds. The standard InChI is InChI=1S/C15H28N2O3/c1-5-8-12(3)16(4)14(20)17-11-7-10-15(17,9-6-2)13(18)19/h12H,5-11H2,1-4H3,(H,18,19). The Morgan fingerprint density at radius 2 is 2.00 bits per heavy atom. The number of aliphatic carboxylic acids is 1. The van der Waals surface area contributed by atoms with E-state index in [0.29, 0.717) is 19.4 Å². The van der Waals surface area contributed by atoms with Gasteiger partial charge in [0.05, 0.1) is 0 Å². The topological polar surface area (TPSA) is 60.9 Å². The van der Waals surface area contributed by atoms with E-state index < -0.39 is 11.5 Å². The molecule has 1 N–H and O–H groups in total. The van der Waals surface area contributed by atoms with Gasteiger partial charge in [-0.3, -0.25) is 0 Å². The predicted octanol–water partition coefficient (Wildman–Crippen LogP) is 2.95. The van der Waals surface area contributed by atoms with Crippen LogP contribution in [0.1, 0.15) is 59.3 Å². The number of carboxylic acid groups (broad SMARTS) is 1. The predicted molar refractivity (Wildman–Crippen MR) is 78.7 cm³/mol. The lowest BCUT2D eigenvalue weighted by Crippen LogP contribution is -2.57. The van der Waals surface area contributed by atoms with Gasteiger partial charge in [-0.1, -0.05) is 26.7 Å². The van der Waals surface area contributed by atoms with E-state index >= 15 is 0 Å². The molecule has 0 radical (unpaired) electrons. The second-order valence-electron chi connectivity index (χ2n) is 5.87. The molecular weight excluding hydrogens is 256 g/mol. The Kier molecular flexibility index (Phi) is 5.84. The van der Waals surface area contributed by atoms with Crippen molar-refractivity contribution in [2.45, 2.75) is 70.9 Å². The Morgan fingerprint density at radius 3 is 2.50 bits per heavy atom. The smallest absolute Gasteiger partial charge is 0.329 e. The number of rotatable bonds is 6. The maximum atomic E-state index is 12.6. The molecule has 1 aliphatic heterocycles. The fraction of sp³-hybridized carbons (Fsp3) is 0.867. The van der Waals surface area contributed by atoms with Crippen molar-refractivity contribution in [1.82, 2.24) is 9.80 Å². The average molecular weight is 284 g/mol. The Labute approximate surface area is 121 Å². The summed E-state index contributed by atoms with van der Waals surface area (Å²) in [7, 11) is 1.78. The molecule has 116 valence electrons. The van der Waals surface area contributed by atoms with E-state index in [2.05, 4.69) is 6.92 Å². The van der Waals surface area contributed by atoms with Gasteiger partial charge in [-0.2, -0.15) is 0 Å². The highest BCUT2D eigenvalue weighted by molar-refractivity contribution is 5.87. The Hall–Kier alpha value is -1.26. The molecule has 0 saturated carbocycles. The molecule has 5 nitrogen and oxygen atoms in total. The van der Waals surface area contributed by atoms with Gasteiger partial charge in [-0.15, -0.1) is 0 Å². The highest BCUT2D eigenvalue weighted by Crippen LogP contribution is 2.35. The Morgan fingerprint density at radius 1 is 1.35 bits per heavy atom. The van der Waals surface area contributed by atoms with Gasteiger partial charge in [0, 0.05) is 19.6 Å². The molecule has 0 bridgehead atoms. The van der Waals surface area contributed by atoms with Crippen LogP contribution in [0.2, 0.25) is 0 Å². The van der Waals surface area contributed by atoms with E-state index in [4.69, 9.17) is 0 Å². The highest BCUT2D eigenvalue weighted by Gasteiger charge is 2.50. The highest BCUT2D eigenvalue weighted by atomic mass is 16.4. The first-order chi connectivity index (χ1) is 9.40. The summed E-state index contributed by atoms with van der Waals surface area (Å²) < 4.78 is 0. The van der Waals surface area contributed by atoms with E-state index in [0.717, 1.165) is 25.7 Å². The molecule has 5 heteroatoms. The third kappa shape index (κ3) is 3.07. The first kappa shape index (κ1) is 16.8. The zero-order chi connectivity index (χ0) is 15.3. The van der Waals surface area contributed by atoms with Crippen LogP contribution in [0.4, 0.5) is 4.79 Å². The van der Waals surface area contributed by atoms with E-state index in [9.17, 15) is 14.7 Å². The van der Waals surface area contributed by atoms with Gasteiger partial charge in [-0.05, 0) is 32.6 Å². The summed E-state index contributed by atoms with van der Waals surface area (Å²) in [4.78, 5) is 27.7. The third-order valence-electron chi connectivity index (χ3n) is 4.45. The summed E-state index contributed by atoms with van der Waals surface area (Å²) in [5.41, 5.74) is -0.994. The zero-order valence-electron chi connectivity index (χ0n) is 13.2. The van der Waals surface area contributed by atoms with Gasteiger partial charge in [0.2, 0.25) is 0 Å². The molecule has 1 fully saturated rings. The van der Waals surface area contributed by atoms with Gasteiger partial charge >= 0.3 is 12.0 Å². The fourth-order valence-electron chi connectivity index (χ4n) is 3.15. The minimum atomic E-state index is -0.994. The SMILES string of the molecule is CCCC(C)N(C)C(=O)N1CCCC1(CCC)C(=O)O. The van der Waals surface area contributed by atoms with Crippen LogP contribution >= 0.6 is 0 Å². The maximum absolute atomic E-state index is 12.6. The first-order valence-electron chi connectivity index (χ1n) is 7.68. The van der Waals surface area contributed by atoms with Gasteiger partial charge in [0.25, 0.3) is 0 Å². The molecule has 0 aromatic rings. The van der Waals surface area contributed by atoms with Crippen LogP contribution in [-0.2, 0) is 4.79 Å². The monoisotopic (exact) mass is 284 g/mol. The lowest BCUT2D eigenvalue weighted by molar-refractivity contribution is -0.148. The van der Waals surface area contributed by atoms with E-state index in [1.807, 2.05) is 13.8 Å². The second kappa shape index (κ2) is 6.95. The number of hydrogen-bond donors (Lipinski definition) is 1. The zero-order valence-corrected chi connectivity index (χ0v) is 13.2. The second-order valence-corrected chi connectivity index (χ2v) is 5.87. The molecule has 0 aromatic heterocycles. The molecule has 0 aromatic carbocycles. The summed E-state index contributed by atoms with van der Waals surface area (Å²) in [5.74, 6) is -0.859. The number of carbonyl (C=O) groups excluding carboxylic acids is 1. The van der Waals surface area contributed by atoms with E-state index in [1.54, 1.807) is 16.8 Å². The largest absolute Gasteiger partial charge is 0.479 e. The summed E-state index contributed by atoms with van der Waals surface area (Å²) in [5, 5.41) is 9.63. The van der Waals surface area contributed by atoms with Crippen molar-refractivity contribution < 1.29 is 14.7 Å². The van der Waals surface area contributed by atoms with Crippen molar-refractivity contribution in [3.05, 3.63) is 0 Å². The van der Waals surface area contributed by atoms with Crippen LogP contribution < -0.4 is 0 Å². The van der Waals surface area contributed by atoms with Crippen molar-refractivity contribution in [2.75, 3.05) is 13.6 Å². The molecule has 0 spiro atoms. The summed E-state index contributed by atoms with van der Waals surface area (Å²) in [6.07, 6.45) is 4.59. The number of amides is 2. The maximum Gasteiger partial charge on any atom is 0.329 e. The molecule has 1 aliphatic rings. The van der Waals surface area contributed by atoms with Crippen molar-refractivity contribution in [3.8, 4) is 0 Å². The quantitative estimate of drug-likeness (QED) is 0.815. The van der Waals surface area contributed by atoms with Gasteiger partial charge in [0.1, 0.15) is 5.54 Å². The normalized spacial score (nSPS) is 23.7. The van der Waals surface area contributed by atoms with Gasteiger partial charge in [-0.25, -0.2) is 9.59 Å². The lowest BCUT2D eigenvalue weighted by Gasteiger charge is -2.38. The van der Waals surface area contributed by atoms with Crippen molar-refractivity contribution in [1.29, 1.82) is 0 Å². The van der Waals surface area contributed by atoms with Crippen LogP contribution in [0.5, 0.6) is 0 Å².